The molecule has 1 aliphatic heterocycles. The lowest BCUT2D eigenvalue weighted by Gasteiger charge is -2.29. The zero-order valence-corrected chi connectivity index (χ0v) is 10.6. The van der Waals surface area contributed by atoms with E-state index in [9.17, 15) is 4.79 Å². The molecule has 1 heterocycles. The van der Waals surface area contributed by atoms with Gasteiger partial charge in [0.1, 0.15) is 0 Å². The quantitative estimate of drug-likeness (QED) is 0.819. The largest absolute Gasteiger partial charge is 0.376 e. The molecule has 1 atom stereocenters. The van der Waals surface area contributed by atoms with Crippen LogP contribution in [0.3, 0.4) is 0 Å². The first-order valence-corrected chi connectivity index (χ1v) is 6.25. The number of ether oxygens (including phenoxy) is 2. The average Bonchev–Trinajstić information content (AvgIpc) is 2.49. The molecule has 0 bridgehead atoms. The van der Waals surface area contributed by atoms with Crippen LogP contribution >= 0.6 is 0 Å². The van der Waals surface area contributed by atoms with E-state index < -0.39 is 6.10 Å². The predicted molar refractivity (Wildman–Crippen MR) is 69.6 cm³/mol. The summed E-state index contributed by atoms with van der Waals surface area (Å²) in [5, 5.41) is 8.71. The highest BCUT2D eigenvalue weighted by molar-refractivity contribution is 5.96. The monoisotopic (exact) mass is 260 g/mol. The van der Waals surface area contributed by atoms with Crippen LogP contribution in [0.5, 0.6) is 0 Å². The number of hydrogen-bond acceptors (Lipinski definition) is 4. The fraction of sp³-hybridized carbons (Fsp3) is 0.429. The highest BCUT2D eigenvalue weighted by atomic mass is 16.6. The van der Waals surface area contributed by atoms with Crippen molar-refractivity contribution in [2.75, 3.05) is 31.3 Å². The van der Waals surface area contributed by atoms with E-state index >= 15 is 0 Å². The molecule has 0 aromatic heterocycles. The number of amides is 1. The molecule has 1 fully saturated rings. The van der Waals surface area contributed by atoms with Crippen molar-refractivity contribution >= 4 is 11.6 Å². The molecule has 1 amide bonds. The minimum absolute atomic E-state index is 0.152. The van der Waals surface area contributed by atoms with E-state index in [2.05, 4.69) is 6.07 Å². The number of nitriles is 1. The van der Waals surface area contributed by atoms with Crippen LogP contribution < -0.4 is 4.90 Å². The Hall–Kier alpha value is -1.90. The first-order valence-electron chi connectivity index (χ1n) is 6.25. The molecule has 100 valence electrons. The highest BCUT2D eigenvalue weighted by Gasteiger charge is 2.28. The number of carbonyl (C=O) groups is 1. The van der Waals surface area contributed by atoms with Gasteiger partial charge in [-0.1, -0.05) is 18.2 Å². The maximum Gasteiger partial charge on any atom is 0.258 e. The Labute approximate surface area is 112 Å². The Balaban J connectivity index is 2.12. The summed E-state index contributed by atoms with van der Waals surface area (Å²) >= 11 is 0. The van der Waals surface area contributed by atoms with Gasteiger partial charge in [0, 0.05) is 12.2 Å². The summed E-state index contributed by atoms with van der Waals surface area (Å²) in [5.74, 6) is -0.152. The lowest BCUT2D eigenvalue weighted by atomic mass is 10.2. The zero-order chi connectivity index (χ0) is 13.5. The fourth-order valence-corrected chi connectivity index (χ4v) is 1.94. The van der Waals surface area contributed by atoms with Crippen molar-refractivity contribution in [3.8, 4) is 6.07 Å². The van der Waals surface area contributed by atoms with Crippen molar-refractivity contribution in [2.24, 2.45) is 0 Å². The van der Waals surface area contributed by atoms with E-state index in [-0.39, 0.29) is 18.9 Å². The van der Waals surface area contributed by atoms with Gasteiger partial charge in [0.05, 0.1) is 32.3 Å². The Bertz CT molecular complexity index is 450. The molecular formula is C14H16N2O3. The van der Waals surface area contributed by atoms with Crippen molar-refractivity contribution in [3.63, 3.8) is 0 Å². The average molecular weight is 260 g/mol. The van der Waals surface area contributed by atoms with Crippen LogP contribution in [0.2, 0.25) is 0 Å². The van der Waals surface area contributed by atoms with Crippen LogP contribution in [0, 0.1) is 11.3 Å². The normalized spacial score (nSPS) is 18.6. The second-order valence-corrected chi connectivity index (χ2v) is 4.17. The number of rotatable bonds is 4. The summed E-state index contributed by atoms with van der Waals surface area (Å²) in [5.41, 5.74) is 0.775. The molecule has 2 rings (SSSR count). The van der Waals surface area contributed by atoms with E-state index in [1.54, 1.807) is 4.90 Å². The van der Waals surface area contributed by atoms with Crippen LogP contribution in [0.15, 0.2) is 30.3 Å². The Morgan fingerprint density at radius 2 is 2.16 bits per heavy atom. The van der Waals surface area contributed by atoms with Gasteiger partial charge in [-0.3, -0.25) is 4.79 Å². The van der Waals surface area contributed by atoms with Gasteiger partial charge in [-0.15, -0.1) is 0 Å². The van der Waals surface area contributed by atoms with Crippen LogP contribution in [0.1, 0.15) is 6.42 Å². The Morgan fingerprint density at radius 1 is 1.37 bits per heavy atom. The minimum atomic E-state index is -0.576. The van der Waals surface area contributed by atoms with Crippen molar-refractivity contribution < 1.29 is 14.3 Å². The van der Waals surface area contributed by atoms with Crippen LogP contribution in [0.4, 0.5) is 5.69 Å². The molecule has 5 heteroatoms. The summed E-state index contributed by atoms with van der Waals surface area (Å²) < 4.78 is 10.7. The molecular weight excluding hydrogens is 244 g/mol. The maximum absolute atomic E-state index is 12.4. The molecule has 19 heavy (non-hydrogen) atoms. The van der Waals surface area contributed by atoms with Gasteiger partial charge in [-0.05, 0) is 12.1 Å². The molecule has 0 aliphatic carbocycles. The lowest BCUT2D eigenvalue weighted by Crippen LogP contribution is -2.45. The van der Waals surface area contributed by atoms with Gasteiger partial charge in [0.25, 0.3) is 5.91 Å². The molecule has 0 spiro atoms. The van der Waals surface area contributed by atoms with E-state index in [1.807, 2.05) is 30.3 Å². The van der Waals surface area contributed by atoms with Crippen LogP contribution in [-0.2, 0) is 14.3 Å². The van der Waals surface area contributed by atoms with Crippen LogP contribution in [0.25, 0.3) is 0 Å². The molecule has 5 nitrogen and oxygen atoms in total. The van der Waals surface area contributed by atoms with Crippen molar-refractivity contribution in [1.82, 2.24) is 0 Å². The van der Waals surface area contributed by atoms with Crippen LogP contribution in [-0.4, -0.2) is 38.4 Å². The second kappa shape index (κ2) is 6.88. The molecule has 0 N–H and O–H groups in total. The second-order valence-electron chi connectivity index (χ2n) is 4.17. The summed E-state index contributed by atoms with van der Waals surface area (Å²) in [6.45, 7) is 1.58. The summed E-state index contributed by atoms with van der Waals surface area (Å²) in [4.78, 5) is 14.0. The molecule has 0 radical (unpaired) electrons. The highest BCUT2D eigenvalue weighted by Crippen LogP contribution is 2.17. The summed E-state index contributed by atoms with van der Waals surface area (Å²) in [6, 6.07) is 11.4. The molecule has 1 aliphatic rings. The SMILES string of the molecule is N#CCCN(C(=O)C1COCCO1)c1ccccc1. The summed E-state index contributed by atoms with van der Waals surface area (Å²) in [7, 11) is 0. The van der Waals surface area contributed by atoms with E-state index in [0.717, 1.165) is 5.69 Å². The third-order valence-electron chi connectivity index (χ3n) is 2.87. The van der Waals surface area contributed by atoms with Gasteiger partial charge in [0.2, 0.25) is 0 Å². The Kier molecular flexibility index (Phi) is 4.90. The van der Waals surface area contributed by atoms with Crippen molar-refractivity contribution in [3.05, 3.63) is 30.3 Å². The van der Waals surface area contributed by atoms with Gasteiger partial charge in [-0.2, -0.15) is 5.26 Å². The first kappa shape index (κ1) is 13.5. The third-order valence-corrected chi connectivity index (χ3v) is 2.87. The first-order chi connectivity index (χ1) is 9.33. The summed E-state index contributed by atoms with van der Waals surface area (Å²) in [6.07, 6.45) is -0.290. The lowest BCUT2D eigenvalue weighted by molar-refractivity contribution is -0.144. The predicted octanol–water partition coefficient (Wildman–Crippen LogP) is 1.35. The smallest absolute Gasteiger partial charge is 0.258 e. The van der Waals surface area contributed by atoms with Gasteiger partial charge in [0.15, 0.2) is 6.10 Å². The minimum Gasteiger partial charge on any atom is -0.376 e. The van der Waals surface area contributed by atoms with Crippen molar-refractivity contribution in [1.29, 1.82) is 5.26 Å². The van der Waals surface area contributed by atoms with Crippen molar-refractivity contribution in [2.45, 2.75) is 12.5 Å². The van der Waals surface area contributed by atoms with E-state index in [1.165, 1.54) is 0 Å². The van der Waals surface area contributed by atoms with Gasteiger partial charge >= 0.3 is 0 Å². The molecule has 1 aromatic carbocycles. The fourth-order valence-electron chi connectivity index (χ4n) is 1.94. The van der Waals surface area contributed by atoms with Gasteiger partial charge in [-0.25, -0.2) is 0 Å². The number of benzene rings is 1. The van der Waals surface area contributed by atoms with Gasteiger partial charge < -0.3 is 14.4 Å². The molecule has 1 unspecified atom stereocenters. The number of para-hydroxylation sites is 1. The standard InChI is InChI=1S/C14H16N2O3/c15-7-4-8-16(12-5-2-1-3-6-12)14(17)13-11-18-9-10-19-13/h1-3,5-6,13H,4,8-11H2. The third kappa shape index (κ3) is 3.53. The van der Waals surface area contributed by atoms with E-state index in [0.29, 0.717) is 19.8 Å². The number of nitrogens with zero attached hydrogens (tertiary/aromatic N) is 2. The molecule has 0 saturated carbocycles. The van der Waals surface area contributed by atoms with E-state index in [4.69, 9.17) is 14.7 Å². The maximum atomic E-state index is 12.4. The number of anilines is 1. The topological polar surface area (TPSA) is 62.6 Å². The molecule has 1 aromatic rings. The number of hydrogen-bond donors (Lipinski definition) is 0. The number of carbonyl (C=O) groups excluding carboxylic acids is 1. The Morgan fingerprint density at radius 3 is 2.79 bits per heavy atom. The molecule has 1 saturated heterocycles. The zero-order valence-electron chi connectivity index (χ0n) is 10.6.